The predicted molar refractivity (Wildman–Crippen MR) is 67.6 cm³/mol. The maximum atomic E-state index is 12.0. The number of hydrogen-bond acceptors (Lipinski definition) is 5. The second kappa shape index (κ2) is 8.44. The van der Waals surface area contributed by atoms with Crippen LogP contribution >= 0.6 is 0 Å². The highest BCUT2D eigenvalue weighted by atomic mass is 19.1. The van der Waals surface area contributed by atoms with Crippen molar-refractivity contribution in [3.63, 3.8) is 0 Å². The lowest BCUT2D eigenvalue weighted by Gasteiger charge is -2.10. The van der Waals surface area contributed by atoms with Crippen molar-refractivity contribution in [2.75, 3.05) is 27.0 Å². The Hall–Kier alpha value is -1.66. The summed E-state index contributed by atoms with van der Waals surface area (Å²) in [6.07, 6.45) is 0. The Kier molecular flexibility index (Phi) is 6.84. The van der Waals surface area contributed by atoms with Gasteiger partial charge in [0.2, 0.25) is 0 Å². The summed E-state index contributed by atoms with van der Waals surface area (Å²) in [4.78, 5) is 11.0. The standard InChI is InChI=1S/C13H18FNO4/c1-17-13(16)12(15)9-18-8-10-3-2-4-11(7-10)19-6-5-14/h2-4,7,12H,5-6,8-9,15H2,1H3/t12-/m0/s1. The number of benzene rings is 1. The number of hydrogen-bond donors (Lipinski definition) is 1. The summed E-state index contributed by atoms with van der Waals surface area (Å²) in [5.41, 5.74) is 6.38. The molecule has 0 aliphatic carbocycles. The fraction of sp³-hybridized carbons (Fsp3) is 0.462. The van der Waals surface area contributed by atoms with Gasteiger partial charge in [-0.15, -0.1) is 0 Å². The van der Waals surface area contributed by atoms with Crippen molar-refractivity contribution in [2.24, 2.45) is 5.73 Å². The van der Waals surface area contributed by atoms with Gasteiger partial charge >= 0.3 is 5.97 Å². The molecule has 0 saturated carbocycles. The van der Waals surface area contributed by atoms with Crippen LogP contribution in [0.4, 0.5) is 4.39 Å². The summed E-state index contributed by atoms with van der Waals surface area (Å²) in [5.74, 6) is 0.0658. The molecule has 106 valence electrons. The molecule has 0 saturated heterocycles. The first-order valence-corrected chi connectivity index (χ1v) is 5.86. The Morgan fingerprint density at radius 1 is 1.47 bits per heavy atom. The van der Waals surface area contributed by atoms with E-state index in [1.807, 2.05) is 6.07 Å². The van der Waals surface area contributed by atoms with Crippen LogP contribution in [0.5, 0.6) is 5.75 Å². The predicted octanol–water partition coefficient (Wildman–Crippen LogP) is 1.05. The minimum atomic E-state index is -0.795. The number of halogens is 1. The molecular formula is C13H18FNO4. The number of carbonyl (C=O) groups is 1. The highest BCUT2D eigenvalue weighted by Gasteiger charge is 2.13. The van der Waals surface area contributed by atoms with E-state index in [-0.39, 0.29) is 19.8 Å². The molecule has 0 radical (unpaired) electrons. The van der Waals surface area contributed by atoms with Gasteiger partial charge in [0.05, 0.1) is 20.3 Å². The van der Waals surface area contributed by atoms with E-state index < -0.39 is 18.7 Å². The third-order valence-corrected chi connectivity index (χ3v) is 2.31. The maximum absolute atomic E-state index is 12.0. The minimum absolute atomic E-state index is 0.0253. The van der Waals surface area contributed by atoms with E-state index in [9.17, 15) is 9.18 Å². The van der Waals surface area contributed by atoms with E-state index in [1.165, 1.54) is 7.11 Å². The number of alkyl halides is 1. The number of esters is 1. The van der Waals surface area contributed by atoms with Crippen LogP contribution in [-0.4, -0.2) is 39.0 Å². The van der Waals surface area contributed by atoms with Crippen molar-refractivity contribution in [3.8, 4) is 5.75 Å². The molecule has 0 amide bonds. The normalized spacial score (nSPS) is 11.9. The SMILES string of the molecule is COC(=O)[C@@H](N)COCc1cccc(OCCF)c1. The summed E-state index contributed by atoms with van der Waals surface area (Å²) < 4.78 is 26.9. The minimum Gasteiger partial charge on any atom is -0.491 e. The molecule has 0 unspecified atom stereocenters. The monoisotopic (exact) mass is 271 g/mol. The van der Waals surface area contributed by atoms with Crippen molar-refractivity contribution < 1.29 is 23.4 Å². The third kappa shape index (κ3) is 5.67. The fourth-order valence-electron chi connectivity index (χ4n) is 1.40. The molecule has 0 aromatic heterocycles. The van der Waals surface area contributed by atoms with Crippen LogP contribution in [0.15, 0.2) is 24.3 Å². The topological polar surface area (TPSA) is 70.8 Å². The zero-order chi connectivity index (χ0) is 14.1. The summed E-state index contributed by atoms with van der Waals surface area (Å²) in [7, 11) is 1.27. The zero-order valence-corrected chi connectivity index (χ0v) is 10.8. The van der Waals surface area contributed by atoms with Gasteiger partial charge < -0.3 is 19.9 Å². The Balaban J connectivity index is 2.38. The van der Waals surface area contributed by atoms with Gasteiger partial charge in [-0.05, 0) is 17.7 Å². The first-order valence-electron chi connectivity index (χ1n) is 5.86. The van der Waals surface area contributed by atoms with E-state index >= 15 is 0 Å². The van der Waals surface area contributed by atoms with E-state index in [0.717, 1.165) is 5.56 Å². The van der Waals surface area contributed by atoms with Crippen molar-refractivity contribution in [1.29, 1.82) is 0 Å². The molecule has 2 N–H and O–H groups in total. The molecule has 0 aliphatic rings. The van der Waals surface area contributed by atoms with Crippen LogP contribution in [0.2, 0.25) is 0 Å². The van der Waals surface area contributed by atoms with Crippen LogP contribution in [0.25, 0.3) is 0 Å². The molecule has 1 atom stereocenters. The van der Waals surface area contributed by atoms with E-state index in [2.05, 4.69) is 4.74 Å². The summed E-state index contributed by atoms with van der Waals surface area (Å²) in [6.45, 7) is -0.147. The van der Waals surface area contributed by atoms with Crippen molar-refractivity contribution >= 4 is 5.97 Å². The fourth-order valence-corrected chi connectivity index (χ4v) is 1.40. The number of ether oxygens (including phenoxy) is 3. The van der Waals surface area contributed by atoms with Crippen LogP contribution in [0, 0.1) is 0 Å². The molecule has 0 aliphatic heterocycles. The lowest BCUT2D eigenvalue weighted by atomic mass is 10.2. The number of carbonyl (C=O) groups excluding carboxylic acids is 1. The highest BCUT2D eigenvalue weighted by Crippen LogP contribution is 2.14. The molecular weight excluding hydrogens is 253 g/mol. The maximum Gasteiger partial charge on any atom is 0.325 e. The zero-order valence-electron chi connectivity index (χ0n) is 10.8. The molecule has 0 fully saturated rings. The number of nitrogens with two attached hydrogens (primary N) is 1. The number of rotatable bonds is 8. The second-order valence-corrected chi connectivity index (χ2v) is 3.83. The second-order valence-electron chi connectivity index (χ2n) is 3.83. The Bertz CT molecular complexity index is 400. The van der Waals surface area contributed by atoms with Crippen LogP contribution in [-0.2, 0) is 20.9 Å². The molecule has 6 heteroatoms. The molecule has 0 bridgehead atoms. The summed E-state index contributed by atoms with van der Waals surface area (Å²) in [6, 6.07) is 6.31. The average molecular weight is 271 g/mol. The van der Waals surface area contributed by atoms with Gasteiger partial charge in [-0.2, -0.15) is 0 Å². The van der Waals surface area contributed by atoms with Crippen LogP contribution in [0.1, 0.15) is 5.56 Å². The van der Waals surface area contributed by atoms with Gasteiger partial charge in [0.1, 0.15) is 25.1 Å². The van der Waals surface area contributed by atoms with Crippen molar-refractivity contribution in [2.45, 2.75) is 12.6 Å². The van der Waals surface area contributed by atoms with Crippen molar-refractivity contribution in [3.05, 3.63) is 29.8 Å². The van der Waals surface area contributed by atoms with Crippen LogP contribution in [0.3, 0.4) is 0 Å². The van der Waals surface area contributed by atoms with Gasteiger partial charge in [0.15, 0.2) is 0 Å². The Labute approximate surface area is 111 Å². The largest absolute Gasteiger partial charge is 0.491 e. The quantitative estimate of drug-likeness (QED) is 0.716. The smallest absolute Gasteiger partial charge is 0.325 e. The Morgan fingerprint density at radius 3 is 2.95 bits per heavy atom. The van der Waals surface area contributed by atoms with Crippen LogP contribution < -0.4 is 10.5 Å². The molecule has 1 aromatic carbocycles. The summed E-state index contributed by atoms with van der Waals surface area (Å²) in [5, 5.41) is 0. The molecule has 1 aromatic rings. The lowest BCUT2D eigenvalue weighted by Crippen LogP contribution is -2.36. The number of methoxy groups -OCH3 is 1. The van der Waals surface area contributed by atoms with Gasteiger partial charge in [0, 0.05) is 0 Å². The highest BCUT2D eigenvalue weighted by molar-refractivity contribution is 5.75. The molecule has 1 rings (SSSR count). The molecule has 5 nitrogen and oxygen atoms in total. The van der Waals surface area contributed by atoms with Gasteiger partial charge in [-0.1, -0.05) is 12.1 Å². The summed E-state index contributed by atoms with van der Waals surface area (Å²) >= 11 is 0. The molecule has 19 heavy (non-hydrogen) atoms. The lowest BCUT2D eigenvalue weighted by molar-refractivity contribution is -0.143. The Morgan fingerprint density at radius 2 is 2.26 bits per heavy atom. The van der Waals surface area contributed by atoms with E-state index in [0.29, 0.717) is 5.75 Å². The van der Waals surface area contributed by atoms with Gasteiger partial charge in [-0.25, -0.2) is 4.39 Å². The molecule has 0 spiro atoms. The van der Waals surface area contributed by atoms with Gasteiger partial charge in [-0.3, -0.25) is 4.79 Å². The van der Waals surface area contributed by atoms with Gasteiger partial charge in [0.25, 0.3) is 0 Å². The first-order chi connectivity index (χ1) is 9.17. The molecule has 0 heterocycles. The average Bonchev–Trinajstić information content (AvgIpc) is 2.44. The van der Waals surface area contributed by atoms with Crippen molar-refractivity contribution in [1.82, 2.24) is 0 Å². The van der Waals surface area contributed by atoms with E-state index in [1.54, 1.807) is 18.2 Å². The third-order valence-electron chi connectivity index (χ3n) is 2.31. The first kappa shape index (κ1) is 15.4. The van der Waals surface area contributed by atoms with E-state index in [4.69, 9.17) is 15.2 Å².